The molecular weight excluding hydrogens is 449 g/mol. The van der Waals surface area contributed by atoms with E-state index in [1.54, 1.807) is 18.3 Å². The molecule has 1 aliphatic rings. The minimum atomic E-state index is 0. The van der Waals surface area contributed by atoms with E-state index in [4.69, 9.17) is 4.99 Å². The molecule has 1 unspecified atom stereocenters. The van der Waals surface area contributed by atoms with Gasteiger partial charge in [-0.15, -0.1) is 35.3 Å². The van der Waals surface area contributed by atoms with Crippen LogP contribution in [0.15, 0.2) is 22.5 Å². The first-order chi connectivity index (χ1) is 11.5. The summed E-state index contributed by atoms with van der Waals surface area (Å²) in [6.07, 6.45) is 0. The summed E-state index contributed by atoms with van der Waals surface area (Å²) in [5, 5.41) is 5.51. The summed E-state index contributed by atoms with van der Waals surface area (Å²) in [5.41, 5.74) is 0. The molecule has 1 amide bonds. The number of likely N-dealkylation sites (N-methyl/N-ethyl adjacent to an activating group) is 1. The van der Waals surface area contributed by atoms with Crippen LogP contribution in [0.5, 0.6) is 0 Å². The Labute approximate surface area is 172 Å². The molecule has 1 N–H and O–H groups in total. The van der Waals surface area contributed by atoms with Crippen LogP contribution in [0.3, 0.4) is 0 Å². The highest BCUT2D eigenvalue weighted by molar-refractivity contribution is 14.0. The van der Waals surface area contributed by atoms with E-state index >= 15 is 0 Å². The van der Waals surface area contributed by atoms with Gasteiger partial charge in [0.15, 0.2) is 5.96 Å². The number of guanidine groups is 1. The van der Waals surface area contributed by atoms with Gasteiger partial charge in [-0.1, -0.05) is 6.07 Å². The van der Waals surface area contributed by atoms with Gasteiger partial charge < -0.3 is 20.0 Å². The Morgan fingerprint density at radius 3 is 2.44 bits per heavy atom. The summed E-state index contributed by atoms with van der Waals surface area (Å²) in [4.78, 5) is 24.1. The van der Waals surface area contributed by atoms with Crippen molar-refractivity contribution in [2.24, 2.45) is 4.99 Å². The molecular formula is C17H30IN5OS. The summed E-state index contributed by atoms with van der Waals surface area (Å²) in [6, 6.07) is 4.55. The van der Waals surface area contributed by atoms with Crippen molar-refractivity contribution in [2.75, 3.05) is 53.4 Å². The van der Waals surface area contributed by atoms with Gasteiger partial charge in [0.05, 0.1) is 12.6 Å². The van der Waals surface area contributed by atoms with Crippen LogP contribution < -0.4 is 5.32 Å². The molecule has 1 aromatic heterocycles. The maximum Gasteiger partial charge on any atom is 0.219 e. The number of nitrogens with zero attached hydrogens (tertiary/aromatic N) is 4. The van der Waals surface area contributed by atoms with E-state index in [0.29, 0.717) is 0 Å². The second-order valence-corrected chi connectivity index (χ2v) is 7.16. The fourth-order valence-electron chi connectivity index (χ4n) is 2.82. The highest BCUT2D eigenvalue weighted by Crippen LogP contribution is 2.23. The van der Waals surface area contributed by atoms with Crippen LogP contribution in [0.2, 0.25) is 0 Å². The molecule has 8 heteroatoms. The molecule has 0 aromatic carbocycles. The number of carbonyl (C=O) groups is 1. The minimum Gasteiger partial charge on any atom is -0.357 e. The van der Waals surface area contributed by atoms with Crippen molar-refractivity contribution >= 4 is 47.2 Å². The number of halogens is 1. The SMILES string of the molecule is CCNC(=NCC(c1cccs1)N(C)C)N1CCN(C(C)=O)CC1.I. The van der Waals surface area contributed by atoms with Gasteiger partial charge in [0.1, 0.15) is 0 Å². The minimum absolute atomic E-state index is 0. The topological polar surface area (TPSA) is 51.2 Å². The Hall–Kier alpha value is -0.870. The summed E-state index contributed by atoms with van der Waals surface area (Å²) in [6.45, 7) is 8.49. The first kappa shape index (κ1) is 22.2. The zero-order chi connectivity index (χ0) is 17.5. The van der Waals surface area contributed by atoms with Crippen LogP contribution in [0.4, 0.5) is 0 Å². The van der Waals surface area contributed by atoms with Crippen LogP contribution in [-0.2, 0) is 4.79 Å². The van der Waals surface area contributed by atoms with Gasteiger partial charge >= 0.3 is 0 Å². The van der Waals surface area contributed by atoms with Crippen molar-refractivity contribution in [1.29, 1.82) is 0 Å². The fourth-order valence-corrected chi connectivity index (χ4v) is 3.73. The second-order valence-electron chi connectivity index (χ2n) is 6.18. The highest BCUT2D eigenvalue weighted by Gasteiger charge is 2.22. The van der Waals surface area contributed by atoms with E-state index in [-0.39, 0.29) is 35.9 Å². The van der Waals surface area contributed by atoms with Gasteiger partial charge in [-0.3, -0.25) is 9.79 Å². The lowest BCUT2D eigenvalue weighted by Crippen LogP contribution is -2.53. The number of thiophene rings is 1. The maximum atomic E-state index is 11.5. The summed E-state index contributed by atoms with van der Waals surface area (Å²) in [5.74, 6) is 1.10. The predicted molar refractivity (Wildman–Crippen MR) is 116 cm³/mol. The Balaban J connectivity index is 0.00000312. The third-order valence-electron chi connectivity index (χ3n) is 4.27. The molecule has 1 saturated heterocycles. The molecule has 0 aliphatic carbocycles. The zero-order valence-corrected chi connectivity index (χ0v) is 18.7. The van der Waals surface area contributed by atoms with Crippen LogP contribution in [0.1, 0.15) is 24.8 Å². The summed E-state index contributed by atoms with van der Waals surface area (Å²) in [7, 11) is 4.19. The smallest absolute Gasteiger partial charge is 0.219 e. The number of piperazine rings is 1. The number of hydrogen-bond acceptors (Lipinski definition) is 4. The number of nitrogens with one attached hydrogen (secondary N) is 1. The lowest BCUT2D eigenvalue weighted by molar-refractivity contribution is -0.130. The van der Waals surface area contributed by atoms with E-state index in [2.05, 4.69) is 53.6 Å². The number of rotatable bonds is 5. The van der Waals surface area contributed by atoms with E-state index in [0.717, 1.165) is 45.2 Å². The first-order valence-electron chi connectivity index (χ1n) is 8.51. The molecule has 0 bridgehead atoms. The molecule has 0 radical (unpaired) electrons. The Morgan fingerprint density at radius 1 is 1.32 bits per heavy atom. The molecule has 1 aromatic rings. The van der Waals surface area contributed by atoms with Crippen molar-refractivity contribution in [3.8, 4) is 0 Å². The standard InChI is InChI=1S/C17H29N5OS.HI/c1-5-18-17(22-10-8-21(9-11-22)14(2)23)19-13-15(20(3)4)16-7-6-12-24-16;/h6-7,12,15H,5,8-11,13H2,1-4H3,(H,18,19);1H. The maximum absolute atomic E-state index is 11.5. The van der Waals surface area contributed by atoms with Crippen molar-refractivity contribution in [1.82, 2.24) is 20.0 Å². The third-order valence-corrected chi connectivity index (χ3v) is 5.24. The van der Waals surface area contributed by atoms with E-state index in [1.165, 1.54) is 4.88 Å². The number of hydrogen-bond donors (Lipinski definition) is 1. The normalized spacial score (nSPS) is 16.6. The molecule has 1 atom stereocenters. The Morgan fingerprint density at radius 2 is 1.96 bits per heavy atom. The fraction of sp³-hybridized carbons (Fsp3) is 0.647. The zero-order valence-electron chi connectivity index (χ0n) is 15.6. The molecule has 2 heterocycles. The average molecular weight is 479 g/mol. The predicted octanol–water partition coefficient (Wildman–Crippen LogP) is 2.10. The lowest BCUT2D eigenvalue weighted by atomic mass is 10.2. The quantitative estimate of drug-likeness (QED) is 0.400. The molecule has 142 valence electrons. The number of aliphatic imine (C=N–C) groups is 1. The lowest BCUT2D eigenvalue weighted by Gasteiger charge is -2.36. The summed E-state index contributed by atoms with van der Waals surface area (Å²) >= 11 is 1.77. The number of amides is 1. The van der Waals surface area contributed by atoms with Gasteiger partial charge in [-0.05, 0) is 32.5 Å². The monoisotopic (exact) mass is 479 g/mol. The Kier molecular flexibility index (Phi) is 9.73. The molecule has 6 nitrogen and oxygen atoms in total. The van der Waals surface area contributed by atoms with Crippen molar-refractivity contribution in [3.63, 3.8) is 0 Å². The van der Waals surface area contributed by atoms with Crippen LogP contribution >= 0.6 is 35.3 Å². The van der Waals surface area contributed by atoms with Gasteiger partial charge in [0, 0.05) is 44.5 Å². The third kappa shape index (κ3) is 6.41. The van der Waals surface area contributed by atoms with Gasteiger partial charge in [0.25, 0.3) is 0 Å². The molecule has 25 heavy (non-hydrogen) atoms. The summed E-state index contributed by atoms with van der Waals surface area (Å²) < 4.78 is 0. The van der Waals surface area contributed by atoms with E-state index < -0.39 is 0 Å². The largest absolute Gasteiger partial charge is 0.357 e. The van der Waals surface area contributed by atoms with Gasteiger partial charge in [0.2, 0.25) is 5.91 Å². The van der Waals surface area contributed by atoms with E-state index in [9.17, 15) is 4.79 Å². The molecule has 0 spiro atoms. The molecule has 1 fully saturated rings. The van der Waals surface area contributed by atoms with E-state index in [1.807, 2.05) is 4.90 Å². The van der Waals surface area contributed by atoms with Crippen molar-refractivity contribution < 1.29 is 4.79 Å². The average Bonchev–Trinajstić information content (AvgIpc) is 3.08. The van der Waals surface area contributed by atoms with Crippen LogP contribution in [0, 0.1) is 0 Å². The van der Waals surface area contributed by atoms with Gasteiger partial charge in [-0.2, -0.15) is 0 Å². The van der Waals surface area contributed by atoms with Crippen molar-refractivity contribution in [2.45, 2.75) is 19.9 Å². The highest BCUT2D eigenvalue weighted by atomic mass is 127. The number of carbonyl (C=O) groups excluding carboxylic acids is 1. The van der Waals surface area contributed by atoms with Crippen LogP contribution in [-0.4, -0.2) is 79.9 Å². The molecule has 0 saturated carbocycles. The second kappa shape index (κ2) is 11.0. The first-order valence-corrected chi connectivity index (χ1v) is 9.39. The van der Waals surface area contributed by atoms with Crippen molar-refractivity contribution in [3.05, 3.63) is 22.4 Å². The molecule has 2 rings (SSSR count). The molecule has 1 aliphatic heterocycles. The van der Waals surface area contributed by atoms with Gasteiger partial charge in [-0.25, -0.2) is 0 Å². The van der Waals surface area contributed by atoms with Crippen LogP contribution in [0.25, 0.3) is 0 Å². The Bertz CT molecular complexity index is 541.